The molecular weight excluding hydrogens is 258 g/mol. The highest BCUT2D eigenvalue weighted by Gasteiger charge is 2.08. The van der Waals surface area contributed by atoms with Crippen molar-refractivity contribution in [3.8, 4) is 0 Å². The average molecular weight is 284 g/mol. The zero-order chi connectivity index (χ0) is 14.3. The van der Waals surface area contributed by atoms with Crippen LogP contribution in [0.25, 0.3) is 0 Å². The number of hydrogen-bond acceptors (Lipinski definition) is 3. The van der Waals surface area contributed by atoms with Crippen LogP contribution in [0, 0.1) is 0 Å². The highest BCUT2D eigenvalue weighted by molar-refractivity contribution is 6.30. The summed E-state index contributed by atoms with van der Waals surface area (Å²) < 4.78 is 0. The number of benzene rings is 1. The van der Waals surface area contributed by atoms with Gasteiger partial charge in [0.25, 0.3) is 0 Å². The van der Waals surface area contributed by atoms with Crippen LogP contribution in [0.1, 0.15) is 24.4 Å². The number of hydrogen-bond donors (Lipinski definition) is 1. The Morgan fingerprint density at radius 1 is 1.16 bits per heavy atom. The molecular formula is C15H26ClN3. The van der Waals surface area contributed by atoms with Crippen molar-refractivity contribution in [3.63, 3.8) is 0 Å². The fourth-order valence-electron chi connectivity index (χ4n) is 2.03. The Labute approximate surface area is 122 Å². The van der Waals surface area contributed by atoms with Gasteiger partial charge in [0.1, 0.15) is 0 Å². The monoisotopic (exact) mass is 283 g/mol. The second-order valence-corrected chi connectivity index (χ2v) is 5.85. The van der Waals surface area contributed by atoms with Crippen LogP contribution in [0.5, 0.6) is 0 Å². The molecule has 0 spiro atoms. The first-order chi connectivity index (χ1) is 8.99. The summed E-state index contributed by atoms with van der Waals surface area (Å²) >= 11 is 5.98. The van der Waals surface area contributed by atoms with E-state index in [-0.39, 0.29) is 6.04 Å². The minimum Gasteiger partial charge on any atom is -0.324 e. The second kappa shape index (κ2) is 8.54. The molecule has 0 aliphatic carbocycles. The lowest BCUT2D eigenvalue weighted by atomic mass is 10.0. The van der Waals surface area contributed by atoms with Gasteiger partial charge < -0.3 is 15.5 Å². The lowest BCUT2D eigenvalue weighted by molar-refractivity contribution is 0.291. The van der Waals surface area contributed by atoms with Gasteiger partial charge in [-0.05, 0) is 71.3 Å². The van der Waals surface area contributed by atoms with Gasteiger partial charge in [0.2, 0.25) is 0 Å². The molecule has 0 saturated heterocycles. The first kappa shape index (κ1) is 16.4. The molecule has 19 heavy (non-hydrogen) atoms. The van der Waals surface area contributed by atoms with E-state index in [4.69, 9.17) is 17.3 Å². The highest BCUT2D eigenvalue weighted by Crippen LogP contribution is 2.18. The summed E-state index contributed by atoms with van der Waals surface area (Å²) in [6.07, 6.45) is 2.15. The number of nitrogens with two attached hydrogens (primary N) is 1. The summed E-state index contributed by atoms with van der Waals surface area (Å²) in [6, 6.07) is 7.90. The lowest BCUT2D eigenvalue weighted by Crippen LogP contribution is -2.27. The highest BCUT2D eigenvalue weighted by atomic mass is 35.5. The van der Waals surface area contributed by atoms with E-state index in [2.05, 4.69) is 30.9 Å². The summed E-state index contributed by atoms with van der Waals surface area (Å²) in [5.41, 5.74) is 7.32. The normalized spacial score (nSPS) is 13.2. The third-order valence-corrected chi connectivity index (χ3v) is 3.48. The molecule has 1 aromatic carbocycles. The third kappa shape index (κ3) is 6.92. The molecule has 0 aliphatic rings. The Bertz CT molecular complexity index is 368. The smallest absolute Gasteiger partial charge is 0.0409 e. The molecule has 0 aliphatic heterocycles. The van der Waals surface area contributed by atoms with Gasteiger partial charge in [-0.3, -0.25) is 0 Å². The maximum absolute atomic E-state index is 6.20. The summed E-state index contributed by atoms with van der Waals surface area (Å²) in [7, 11) is 6.37. The fourth-order valence-corrected chi connectivity index (χ4v) is 2.23. The summed E-state index contributed by atoms with van der Waals surface area (Å²) in [5.74, 6) is 0. The SMILES string of the molecule is CN(C)CCCN(C)CCC(N)c1cccc(Cl)c1. The van der Waals surface area contributed by atoms with Gasteiger partial charge in [-0.25, -0.2) is 0 Å². The Morgan fingerprint density at radius 2 is 1.89 bits per heavy atom. The quantitative estimate of drug-likeness (QED) is 0.796. The van der Waals surface area contributed by atoms with E-state index in [9.17, 15) is 0 Å². The van der Waals surface area contributed by atoms with E-state index in [1.54, 1.807) is 0 Å². The van der Waals surface area contributed by atoms with Crippen molar-refractivity contribution >= 4 is 11.6 Å². The van der Waals surface area contributed by atoms with Crippen LogP contribution in [0.4, 0.5) is 0 Å². The van der Waals surface area contributed by atoms with Crippen molar-refractivity contribution in [2.45, 2.75) is 18.9 Å². The predicted octanol–water partition coefficient (Wildman–Crippen LogP) is 2.61. The van der Waals surface area contributed by atoms with Gasteiger partial charge in [0, 0.05) is 11.1 Å². The van der Waals surface area contributed by atoms with Gasteiger partial charge in [0.05, 0.1) is 0 Å². The van der Waals surface area contributed by atoms with Crippen molar-refractivity contribution in [2.24, 2.45) is 5.73 Å². The molecule has 0 amide bonds. The van der Waals surface area contributed by atoms with Crippen LogP contribution in [-0.2, 0) is 0 Å². The number of halogens is 1. The zero-order valence-electron chi connectivity index (χ0n) is 12.3. The second-order valence-electron chi connectivity index (χ2n) is 5.41. The van der Waals surface area contributed by atoms with E-state index in [0.29, 0.717) is 0 Å². The Hall–Kier alpha value is -0.610. The molecule has 0 heterocycles. The van der Waals surface area contributed by atoms with E-state index in [0.717, 1.165) is 36.6 Å². The molecule has 1 rings (SSSR count). The minimum atomic E-state index is 0.0648. The number of rotatable bonds is 8. The molecule has 2 N–H and O–H groups in total. The van der Waals surface area contributed by atoms with Gasteiger partial charge in [0.15, 0.2) is 0 Å². The molecule has 1 atom stereocenters. The van der Waals surface area contributed by atoms with Gasteiger partial charge in [-0.15, -0.1) is 0 Å². The van der Waals surface area contributed by atoms with E-state index >= 15 is 0 Å². The molecule has 0 saturated carbocycles. The molecule has 108 valence electrons. The molecule has 0 radical (unpaired) electrons. The van der Waals surface area contributed by atoms with Crippen LogP contribution in [0.2, 0.25) is 5.02 Å². The zero-order valence-corrected chi connectivity index (χ0v) is 13.0. The Balaban J connectivity index is 2.27. The van der Waals surface area contributed by atoms with E-state index in [1.807, 2.05) is 24.3 Å². The van der Waals surface area contributed by atoms with Crippen LogP contribution >= 0.6 is 11.6 Å². The lowest BCUT2D eigenvalue weighted by Gasteiger charge is -2.20. The van der Waals surface area contributed by atoms with Crippen LogP contribution in [-0.4, -0.2) is 50.6 Å². The topological polar surface area (TPSA) is 32.5 Å². The van der Waals surface area contributed by atoms with Crippen LogP contribution in [0.3, 0.4) is 0 Å². The average Bonchev–Trinajstić information content (AvgIpc) is 2.35. The van der Waals surface area contributed by atoms with Crippen molar-refractivity contribution in [1.29, 1.82) is 0 Å². The summed E-state index contributed by atoms with van der Waals surface area (Å²) in [4.78, 5) is 4.56. The van der Waals surface area contributed by atoms with E-state index < -0.39 is 0 Å². The van der Waals surface area contributed by atoms with Gasteiger partial charge in [-0.1, -0.05) is 23.7 Å². The predicted molar refractivity (Wildman–Crippen MR) is 83.7 cm³/mol. The van der Waals surface area contributed by atoms with Crippen molar-refractivity contribution in [1.82, 2.24) is 9.80 Å². The molecule has 4 heteroatoms. The third-order valence-electron chi connectivity index (χ3n) is 3.24. The largest absolute Gasteiger partial charge is 0.324 e. The molecule has 1 unspecified atom stereocenters. The van der Waals surface area contributed by atoms with Crippen molar-refractivity contribution in [2.75, 3.05) is 40.8 Å². The summed E-state index contributed by atoms with van der Waals surface area (Å²) in [5, 5.41) is 0.757. The molecule has 0 aromatic heterocycles. The van der Waals surface area contributed by atoms with Gasteiger partial charge >= 0.3 is 0 Å². The minimum absolute atomic E-state index is 0.0648. The van der Waals surface area contributed by atoms with Crippen LogP contribution < -0.4 is 5.73 Å². The first-order valence-electron chi connectivity index (χ1n) is 6.83. The maximum atomic E-state index is 6.20. The first-order valence-corrected chi connectivity index (χ1v) is 7.21. The standard InChI is InChI=1S/C15H26ClN3/c1-18(2)9-5-10-19(3)11-8-15(17)13-6-4-7-14(16)12-13/h4,6-7,12,15H,5,8-11,17H2,1-3H3. The Kier molecular flexibility index (Phi) is 7.39. The Morgan fingerprint density at radius 3 is 2.53 bits per heavy atom. The molecule has 0 bridgehead atoms. The van der Waals surface area contributed by atoms with E-state index in [1.165, 1.54) is 6.42 Å². The van der Waals surface area contributed by atoms with Crippen molar-refractivity contribution < 1.29 is 0 Å². The van der Waals surface area contributed by atoms with Gasteiger partial charge in [-0.2, -0.15) is 0 Å². The molecule has 1 aromatic rings. The van der Waals surface area contributed by atoms with Crippen LogP contribution in [0.15, 0.2) is 24.3 Å². The summed E-state index contributed by atoms with van der Waals surface area (Å²) in [6.45, 7) is 3.26. The number of nitrogens with zero attached hydrogens (tertiary/aromatic N) is 2. The molecule has 0 fully saturated rings. The maximum Gasteiger partial charge on any atom is 0.0409 e. The van der Waals surface area contributed by atoms with Crippen molar-refractivity contribution in [3.05, 3.63) is 34.9 Å². The molecule has 3 nitrogen and oxygen atoms in total. The fraction of sp³-hybridized carbons (Fsp3) is 0.600.